The topological polar surface area (TPSA) is 55.1 Å². The summed E-state index contributed by atoms with van der Waals surface area (Å²) in [6.07, 6.45) is 0. The standard InChI is InChI=1S/C15H15FN2OS/c1-10-4-2-3-5-13(10)18-15(19)9-20-14-7-6-11(16)8-12(14)17/h2-8H,9,17H2,1H3,(H,18,19). The third-order valence-corrected chi connectivity index (χ3v) is 3.84. The highest BCUT2D eigenvalue weighted by Crippen LogP contribution is 2.25. The number of nitrogen functional groups attached to an aromatic ring is 1. The second-order valence-corrected chi connectivity index (χ2v) is 5.35. The number of nitrogens with two attached hydrogens (primary N) is 1. The Bertz CT molecular complexity index is 631. The zero-order valence-electron chi connectivity index (χ0n) is 11.0. The van der Waals surface area contributed by atoms with Gasteiger partial charge in [0.15, 0.2) is 0 Å². The molecule has 5 heteroatoms. The summed E-state index contributed by atoms with van der Waals surface area (Å²) < 4.78 is 12.9. The van der Waals surface area contributed by atoms with E-state index in [0.717, 1.165) is 11.3 Å². The van der Waals surface area contributed by atoms with Crippen molar-refractivity contribution in [1.29, 1.82) is 0 Å². The van der Waals surface area contributed by atoms with Crippen molar-refractivity contribution in [1.82, 2.24) is 0 Å². The van der Waals surface area contributed by atoms with Crippen LogP contribution in [0, 0.1) is 12.7 Å². The Balaban J connectivity index is 1.94. The van der Waals surface area contributed by atoms with E-state index in [1.807, 2.05) is 31.2 Å². The number of nitrogens with one attached hydrogen (secondary N) is 1. The lowest BCUT2D eigenvalue weighted by molar-refractivity contribution is -0.113. The van der Waals surface area contributed by atoms with Gasteiger partial charge in [-0.3, -0.25) is 4.79 Å². The Labute approximate surface area is 121 Å². The molecule has 3 N–H and O–H groups in total. The maximum atomic E-state index is 12.9. The van der Waals surface area contributed by atoms with Gasteiger partial charge in [0.1, 0.15) is 5.82 Å². The van der Waals surface area contributed by atoms with Crippen molar-refractivity contribution in [3.05, 3.63) is 53.8 Å². The molecule has 0 spiro atoms. The van der Waals surface area contributed by atoms with E-state index in [4.69, 9.17) is 5.73 Å². The molecule has 0 unspecified atom stereocenters. The van der Waals surface area contributed by atoms with Crippen LogP contribution >= 0.6 is 11.8 Å². The molecule has 2 aromatic rings. The molecular weight excluding hydrogens is 275 g/mol. The molecule has 3 nitrogen and oxygen atoms in total. The summed E-state index contributed by atoms with van der Waals surface area (Å²) >= 11 is 1.29. The number of aryl methyl sites for hydroxylation is 1. The number of anilines is 2. The van der Waals surface area contributed by atoms with Crippen molar-refractivity contribution in [2.45, 2.75) is 11.8 Å². The van der Waals surface area contributed by atoms with E-state index in [-0.39, 0.29) is 17.5 Å². The molecule has 0 aromatic heterocycles. The molecule has 0 saturated carbocycles. The van der Waals surface area contributed by atoms with E-state index in [9.17, 15) is 9.18 Å². The summed E-state index contributed by atoms with van der Waals surface area (Å²) in [6.45, 7) is 1.93. The van der Waals surface area contributed by atoms with E-state index in [1.54, 1.807) is 6.07 Å². The highest BCUT2D eigenvalue weighted by atomic mass is 32.2. The molecule has 20 heavy (non-hydrogen) atoms. The molecule has 0 bridgehead atoms. The maximum absolute atomic E-state index is 12.9. The third kappa shape index (κ3) is 3.74. The number of carbonyl (C=O) groups is 1. The number of para-hydroxylation sites is 1. The summed E-state index contributed by atoms with van der Waals surface area (Å²) in [6, 6.07) is 11.7. The molecule has 2 aromatic carbocycles. The van der Waals surface area contributed by atoms with E-state index in [2.05, 4.69) is 5.32 Å². The van der Waals surface area contributed by atoms with E-state index < -0.39 is 0 Å². The molecule has 104 valence electrons. The molecule has 0 atom stereocenters. The summed E-state index contributed by atoms with van der Waals surface area (Å²) in [7, 11) is 0. The molecular formula is C15H15FN2OS. The minimum atomic E-state index is -0.379. The lowest BCUT2D eigenvalue weighted by Crippen LogP contribution is -2.14. The van der Waals surface area contributed by atoms with Crippen molar-refractivity contribution in [3.63, 3.8) is 0 Å². The van der Waals surface area contributed by atoms with Crippen LogP contribution in [0.25, 0.3) is 0 Å². The first-order chi connectivity index (χ1) is 9.56. The molecule has 0 radical (unpaired) electrons. The van der Waals surface area contributed by atoms with Gasteiger partial charge in [-0.25, -0.2) is 4.39 Å². The summed E-state index contributed by atoms with van der Waals surface area (Å²) in [4.78, 5) is 12.6. The van der Waals surface area contributed by atoms with Crippen molar-refractivity contribution in [3.8, 4) is 0 Å². The fourth-order valence-corrected chi connectivity index (χ4v) is 2.44. The minimum absolute atomic E-state index is 0.118. The zero-order chi connectivity index (χ0) is 14.5. The number of halogens is 1. The van der Waals surface area contributed by atoms with Crippen molar-refractivity contribution >= 4 is 29.0 Å². The van der Waals surface area contributed by atoms with Crippen LogP contribution in [-0.4, -0.2) is 11.7 Å². The Morgan fingerprint density at radius 3 is 2.75 bits per heavy atom. The van der Waals surface area contributed by atoms with E-state index in [0.29, 0.717) is 10.6 Å². The molecule has 1 amide bonds. The first-order valence-corrected chi connectivity index (χ1v) is 7.08. The Hall–Kier alpha value is -2.01. The maximum Gasteiger partial charge on any atom is 0.234 e. The fraction of sp³-hybridized carbons (Fsp3) is 0.133. The van der Waals surface area contributed by atoms with Gasteiger partial charge >= 0.3 is 0 Å². The van der Waals surface area contributed by atoms with Gasteiger partial charge in [0.25, 0.3) is 0 Å². The van der Waals surface area contributed by atoms with Crippen LogP contribution in [0.15, 0.2) is 47.4 Å². The van der Waals surface area contributed by atoms with Crippen molar-refractivity contribution in [2.75, 3.05) is 16.8 Å². The number of rotatable bonds is 4. The van der Waals surface area contributed by atoms with Crippen molar-refractivity contribution < 1.29 is 9.18 Å². The monoisotopic (exact) mass is 290 g/mol. The predicted octanol–water partition coefficient (Wildman–Crippen LogP) is 3.45. The van der Waals surface area contributed by atoms with Gasteiger partial charge in [-0.2, -0.15) is 0 Å². The van der Waals surface area contributed by atoms with Crippen LogP contribution in [-0.2, 0) is 4.79 Å². The smallest absolute Gasteiger partial charge is 0.234 e. The molecule has 0 saturated heterocycles. The summed E-state index contributed by atoms with van der Waals surface area (Å²) in [5, 5.41) is 2.84. The van der Waals surface area contributed by atoms with Gasteiger partial charge in [-0.15, -0.1) is 11.8 Å². The number of thioether (sulfide) groups is 1. The van der Waals surface area contributed by atoms with Crippen LogP contribution in [0.3, 0.4) is 0 Å². The Morgan fingerprint density at radius 2 is 2.05 bits per heavy atom. The van der Waals surface area contributed by atoms with Gasteiger partial charge < -0.3 is 11.1 Å². The molecule has 0 aliphatic rings. The number of amides is 1. The number of carbonyl (C=O) groups excluding carboxylic acids is 1. The molecule has 0 aliphatic heterocycles. The van der Waals surface area contributed by atoms with Crippen LogP contribution in [0.4, 0.5) is 15.8 Å². The summed E-state index contributed by atoms with van der Waals surface area (Å²) in [5.74, 6) is -0.270. The fourth-order valence-electron chi connectivity index (χ4n) is 1.69. The second-order valence-electron chi connectivity index (χ2n) is 4.33. The van der Waals surface area contributed by atoms with E-state index in [1.165, 1.54) is 23.9 Å². The molecule has 0 aliphatic carbocycles. The Morgan fingerprint density at radius 1 is 1.30 bits per heavy atom. The van der Waals surface area contributed by atoms with Crippen LogP contribution < -0.4 is 11.1 Å². The number of hydrogen-bond donors (Lipinski definition) is 2. The average molecular weight is 290 g/mol. The van der Waals surface area contributed by atoms with Gasteiger partial charge in [0.2, 0.25) is 5.91 Å². The van der Waals surface area contributed by atoms with Crippen LogP contribution in [0.2, 0.25) is 0 Å². The number of benzene rings is 2. The van der Waals surface area contributed by atoms with Gasteiger partial charge in [0, 0.05) is 16.3 Å². The van der Waals surface area contributed by atoms with Crippen LogP contribution in [0.5, 0.6) is 0 Å². The Kier molecular flexibility index (Phi) is 4.63. The number of hydrogen-bond acceptors (Lipinski definition) is 3. The molecule has 0 heterocycles. The minimum Gasteiger partial charge on any atom is -0.398 e. The second kappa shape index (κ2) is 6.43. The van der Waals surface area contributed by atoms with Crippen LogP contribution in [0.1, 0.15) is 5.56 Å². The van der Waals surface area contributed by atoms with Gasteiger partial charge in [0.05, 0.1) is 5.75 Å². The largest absolute Gasteiger partial charge is 0.398 e. The quantitative estimate of drug-likeness (QED) is 0.670. The van der Waals surface area contributed by atoms with Gasteiger partial charge in [-0.1, -0.05) is 18.2 Å². The first-order valence-electron chi connectivity index (χ1n) is 6.09. The lowest BCUT2D eigenvalue weighted by atomic mass is 10.2. The highest BCUT2D eigenvalue weighted by Gasteiger charge is 2.07. The van der Waals surface area contributed by atoms with Gasteiger partial charge in [-0.05, 0) is 36.8 Å². The molecule has 2 rings (SSSR count). The highest BCUT2D eigenvalue weighted by molar-refractivity contribution is 8.00. The normalized spacial score (nSPS) is 10.3. The first kappa shape index (κ1) is 14.4. The zero-order valence-corrected chi connectivity index (χ0v) is 11.8. The van der Waals surface area contributed by atoms with Crippen molar-refractivity contribution in [2.24, 2.45) is 0 Å². The predicted molar refractivity (Wildman–Crippen MR) is 81.3 cm³/mol. The average Bonchev–Trinajstić information content (AvgIpc) is 2.40. The summed E-state index contributed by atoms with van der Waals surface area (Å²) in [5.41, 5.74) is 7.84. The lowest BCUT2D eigenvalue weighted by Gasteiger charge is -2.08. The third-order valence-electron chi connectivity index (χ3n) is 2.75. The molecule has 0 fully saturated rings. The SMILES string of the molecule is Cc1ccccc1NC(=O)CSc1ccc(F)cc1N. The van der Waals surface area contributed by atoms with E-state index >= 15 is 0 Å².